The van der Waals surface area contributed by atoms with Gasteiger partial charge in [0.1, 0.15) is 5.75 Å². The summed E-state index contributed by atoms with van der Waals surface area (Å²) in [6.45, 7) is 5.94. The Bertz CT molecular complexity index is 355. The minimum atomic E-state index is -0.260. The van der Waals surface area contributed by atoms with Crippen molar-refractivity contribution < 1.29 is 4.74 Å². The number of hydrogen-bond acceptors (Lipinski definition) is 2. The van der Waals surface area contributed by atoms with Crippen LogP contribution < -0.4 is 10.5 Å². The number of hydrogen-bond donors (Lipinski definition) is 1. The fourth-order valence-corrected chi connectivity index (χ4v) is 1.83. The van der Waals surface area contributed by atoms with Crippen molar-refractivity contribution >= 4 is 11.6 Å². The first-order chi connectivity index (χ1) is 6.83. The van der Waals surface area contributed by atoms with Crippen LogP contribution in [-0.2, 0) is 6.42 Å². The van der Waals surface area contributed by atoms with Crippen LogP contribution in [0.25, 0.3) is 0 Å². The lowest BCUT2D eigenvalue weighted by molar-refractivity contribution is 0.410. The Morgan fingerprint density at radius 1 is 1.40 bits per heavy atom. The third-order valence-corrected chi connectivity index (χ3v) is 2.56. The predicted molar refractivity (Wildman–Crippen MR) is 64.7 cm³/mol. The van der Waals surface area contributed by atoms with Crippen molar-refractivity contribution in [1.82, 2.24) is 0 Å². The maximum Gasteiger partial charge on any atom is 0.122 e. The molecule has 0 spiro atoms. The van der Waals surface area contributed by atoms with Gasteiger partial charge >= 0.3 is 0 Å². The van der Waals surface area contributed by atoms with Crippen LogP contribution in [-0.4, -0.2) is 12.6 Å². The smallest absolute Gasteiger partial charge is 0.122 e. The summed E-state index contributed by atoms with van der Waals surface area (Å²) >= 11 is 6.15. The molecule has 2 nitrogen and oxygen atoms in total. The average molecular weight is 228 g/mol. The molecule has 0 radical (unpaired) electrons. The van der Waals surface area contributed by atoms with E-state index in [1.807, 2.05) is 32.9 Å². The molecule has 2 N–H and O–H groups in total. The topological polar surface area (TPSA) is 35.2 Å². The molecule has 0 aliphatic carbocycles. The Morgan fingerprint density at radius 2 is 2.00 bits per heavy atom. The zero-order chi connectivity index (χ0) is 11.6. The van der Waals surface area contributed by atoms with E-state index in [4.69, 9.17) is 22.1 Å². The Morgan fingerprint density at radius 3 is 2.47 bits per heavy atom. The number of benzene rings is 1. The summed E-state index contributed by atoms with van der Waals surface area (Å²) in [5.41, 5.74) is 7.78. The largest absolute Gasteiger partial charge is 0.496 e. The van der Waals surface area contributed by atoms with Gasteiger partial charge in [-0.1, -0.05) is 11.6 Å². The normalized spacial score (nSPS) is 11.6. The molecule has 1 aromatic rings. The molecule has 0 unspecified atom stereocenters. The molecule has 0 aliphatic heterocycles. The van der Waals surface area contributed by atoms with E-state index in [1.165, 1.54) is 0 Å². The van der Waals surface area contributed by atoms with Gasteiger partial charge < -0.3 is 10.5 Å². The van der Waals surface area contributed by atoms with Crippen molar-refractivity contribution in [2.24, 2.45) is 5.73 Å². The highest BCUT2D eigenvalue weighted by atomic mass is 35.5. The molecule has 0 bridgehead atoms. The lowest BCUT2D eigenvalue weighted by atomic mass is 9.95. The quantitative estimate of drug-likeness (QED) is 0.862. The van der Waals surface area contributed by atoms with Gasteiger partial charge in [0, 0.05) is 10.6 Å². The fraction of sp³-hybridized carbons (Fsp3) is 0.500. The van der Waals surface area contributed by atoms with Gasteiger partial charge in [0.15, 0.2) is 0 Å². The fourth-order valence-electron chi connectivity index (χ4n) is 1.54. The molecule has 84 valence electrons. The minimum absolute atomic E-state index is 0.260. The number of nitrogens with two attached hydrogens (primary N) is 1. The van der Waals surface area contributed by atoms with Gasteiger partial charge in [-0.05, 0) is 50.5 Å². The molecule has 1 aromatic carbocycles. The molecule has 0 atom stereocenters. The molecule has 0 amide bonds. The van der Waals surface area contributed by atoms with Crippen LogP contribution in [0.4, 0.5) is 0 Å². The number of aryl methyl sites for hydroxylation is 1. The zero-order valence-electron chi connectivity index (χ0n) is 9.73. The summed E-state index contributed by atoms with van der Waals surface area (Å²) < 4.78 is 5.26. The van der Waals surface area contributed by atoms with Gasteiger partial charge in [0.05, 0.1) is 7.11 Å². The SMILES string of the molecule is COc1cc(CC(C)(C)N)c(Cl)cc1C. The van der Waals surface area contributed by atoms with Crippen LogP contribution in [0.5, 0.6) is 5.75 Å². The molecule has 0 aromatic heterocycles. The van der Waals surface area contributed by atoms with Gasteiger partial charge in [-0.2, -0.15) is 0 Å². The lowest BCUT2D eigenvalue weighted by Crippen LogP contribution is -2.34. The van der Waals surface area contributed by atoms with Gasteiger partial charge in [0.25, 0.3) is 0 Å². The van der Waals surface area contributed by atoms with E-state index in [9.17, 15) is 0 Å². The van der Waals surface area contributed by atoms with Crippen LogP contribution in [0, 0.1) is 6.92 Å². The summed E-state index contributed by atoms with van der Waals surface area (Å²) in [7, 11) is 1.66. The number of halogens is 1. The van der Waals surface area contributed by atoms with Crippen LogP contribution >= 0.6 is 11.6 Å². The summed E-state index contributed by atoms with van der Waals surface area (Å²) in [5.74, 6) is 0.860. The summed E-state index contributed by atoms with van der Waals surface area (Å²) in [6, 6.07) is 3.88. The second-order valence-electron chi connectivity index (χ2n) is 4.58. The van der Waals surface area contributed by atoms with E-state index in [2.05, 4.69) is 0 Å². The van der Waals surface area contributed by atoms with Crippen LogP contribution in [0.1, 0.15) is 25.0 Å². The summed E-state index contributed by atoms with van der Waals surface area (Å²) in [4.78, 5) is 0. The average Bonchev–Trinajstić information content (AvgIpc) is 2.07. The van der Waals surface area contributed by atoms with Crippen molar-refractivity contribution in [2.45, 2.75) is 32.7 Å². The van der Waals surface area contributed by atoms with Crippen molar-refractivity contribution in [3.63, 3.8) is 0 Å². The Hall–Kier alpha value is -0.730. The highest BCUT2D eigenvalue weighted by Crippen LogP contribution is 2.28. The lowest BCUT2D eigenvalue weighted by Gasteiger charge is -2.20. The van der Waals surface area contributed by atoms with Crippen LogP contribution in [0.15, 0.2) is 12.1 Å². The molecular weight excluding hydrogens is 210 g/mol. The summed E-state index contributed by atoms with van der Waals surface area (Å²) in [6.07, 6.45) is 0.739. The van der Waals surface area contributed by atoms with Crippen molar-refractivity contribution in [2.75, 3.05) is 7.11 Å². The monoisotopic (exact) mass is 227 g/mol. The van der Waals surface area contributed by atoms with Gasteiger partial charge in [-0.15, -0.1) is 0 Å². The van der Waals surface area contributed by atoms with Crippen LogP contribution in [0.3, 0.4) is 0 Å². The standard InChI is InChI=1S/C12H18ClNO/c1-8-5-10(13)9(6-11(8)15-4)7-12(2,3)14/h5-6H,7,14H2,1-4H3. The van der Waals surface area contributed by atoms with Gasteiger partial charge in [0.2, 0.25) is 0 Å². The first kappa shape index (κ1) is 12.3. The molecule has 0 aliphatic rings. The zero-order valence-corrected chi connectivity index (χ0v) is 10.5. The summed E-state index contributed by atoms with van der Waals surface area (Å²) in [5, 5.41) is 0.756. The molecule has 3 heteroatoms. The molecule has 1 rings (SSSR count). The van der Waals surface area contributed by atoms with E-state index in [0.29, 0.717) is 0 Å². The maximum absolute atomic E-state index is 6.15. The molecule has 0 saturated heterocycles. The molecule has 15 heavy (non-hydrogen) atoms. The Kier molecular flexibility index (Phi) is 3.63. The number of rotatable bonds is 3. The molecule has 0 heterocycles. The van der Waals surface area contributed by atoms with Crippen molar-refractivity contribution in [3.05, 3.63) is 28.3 Å². The van der Waals surface area contributed by atoms with Crippen molar-refractivity contribution in [3.8, 4) is 5.75 Å². The predicted octanol–water partition coefficient (Wildman–Crippen LogP) is 2.94. The highest BCUT2D eigenvalue weighted by molar-refractivity contribution is 6.31. The van der Waals surface area contributed by atoms with Gasteiger partial charge in [-0.25, -0.2) is 0 Å². The minimum Gasteiger partial charge on any atom is -0.496 e. The van der Waals surface area contributed by atoms with E-state index >= 15 is 0 Å². The Balaban J connectivity index is 3.08. The first-order valence-corrected chi connectivity index (χ1v) is 5.33. The first-order valence-electron chi connectivity index (χ1n) is 4.95. The molecule has 0 fully saturated rings. The highest BCUT2D eigenvalue weighted by Gasteiger charge is 2.15. The van der Waals surface area contributed by atoms with Gasteiger partial charge in [-0.3, -0.25) is 0 Å². The second-order valence-corrected chi connectivity index (χ2v) is 4.99. The van der Waals surface area contributed by atoms with E-state index < -0.39 is 0 Å². The third-order valence-electron chi connectivity index (χ3n) is 2.21. The van der Waals surface area contributed by atoms with Crippen LogP contribution in [0.2, 0.25) is 5.02 Å². The molecular formula is C12H18ClNO. The third kappa shape index (κ3) is 3.40. The van der Waals surface area contributed by atoms with E-state index in [1.54, 1.807) is 7.11 Å². The van der Waals surface area contributed by atoms with E-state index in [0.717, 1.165) is 28.3 Å². The second kappa shape index (κ2) is 4.42. The Labute approximate surface area is 96.4 Å². The number of ether oxygens (including phenoxy) is 1. The van der Waals surface area contributed by atoms with E-state index in [-0.39, 0.29) is 5.54 Å². The van der Waals surface area contributed by atoms with Crippen molar-refractivity contribution in [1.29, 1.82) is 0 Å². The molecule has 0 saturated carbocycles. The number of methoxy groups -OCH3 is 1. The maximum atomic E-state index is 6.15.